The first-order valence-electron chi connectivity index (χ1n) is 6.56. The van der Waals surface area contributed by atoms with Gasteiger partial charge in [-0.15, -0.1) is 0 Å². The fourth-order valence-corrected chi connectivity index (χ4v) is 4.02. The summed E-state index contributed by atoms with van der Waals surface area (Å²) in [6, 6.07) is 3.05. The molecule has 1 aromatic rings. The molecule has 0 aliphatic carbocycles. The number of aliphatic hydroxyl groups excluding tert-OH is 1. The molecule has 0 aromatic carbocycles. The van der Waals surface area contributed by atoms with Crippen molar-refractivity contribution < 1.29 is 13.5 Å². The van der Waals surface area contributed by atoms with Crippen molar-refractivity contribution in [3.8, 4) is 0 Å². The summed E-state index contributed by atoms with van der Waals surface area (Å²) in [7, 11) is -3.61. The number of nitrogens with zero attached hydrogens (tertiary/aromatic N) is 2. The van der Waals surface area contributed by atoms with Crippen molar-refractivity contribution in [3.05, 3.63) is 18.3 Å². The molecule has 0 saturated carbocycles. The molecule has 4 N–H and O–H groups in total. The standard InChI is InChI=1S/C12H20N4O3S/c1-9(17)10-4-7-16(8-5-10)20(18,19)11-3-2-6-14-12(11)15-13/h2-3,6,9-10,17H,4-5,7-8,13H2,1H3,(H,14,15). The quantitative estimate of drug-likeness (QED) is 0.539. The van der Waals surface area contributed by atoms with Gasteiger partial charge in [-0.05, 0) is 37.8 Å². The Hall–Kier alpha value is -1.22. The number of aromatic nitrogens is 1. The third-order valence-electron chi connectivity index (χ3n) is 3.71. The molecular weight excluding hydrogens is 280 g/mol. The number of sulfonamides is 1. The summed E-state index contributed by atoms with van der Waals surface area (Å²) in [6.45, 7) is 2.54. The maximum atomic E-state index is 12.6. The Morgan fingerprint density at radius 2 is 2.15 bits per heavy atom. The van der Waals surface area contributed by atoms with Crippen LogP contribution in [-0.2, 0) is 10.0 Å². The van der Waals surface area contributed by atoms with Gasteiger partial charge in [-0.1, -0.05) is 0 Å². The van der Waals surface area contributed by atoms with Crippen molar-refractivity contribution in [2.75, 3.05) is 18.5 Å². The summed E-state index contributed by atoms with van der Waals surface area (Å²) in [5.41, 5.74) is 2.31. The smallest absolute Gasteiger partial charge is 0.246 e. The number of pyridine rings is 1. The van der Waals surface area contributed by atoms with Crippen LogP contribution in [0.25, 0.3) is 0 Å². The SMILES string of the molecule is CC(O)C1CCN(S(=O)(=O)c2cccnc2NN)CC1. The van der Waals surface area contributed by atoms with Gasteiger partial charge in [-0.3, -0.25) is 0 Å². The van der Waals surface area contributed by atoms with Gasteiger partial charge in [0.15, 0.2) is 5.82 Å². The summed E-state index contributed by atoms with van der Waals surface area (Å²) < 4.78 is 26.6. The number of nitrogen functional groups attached to an aromatic ring is 1. The van der Waals surface area contributed by atoms with E-state index in [1.54, 1.807) is 13.0 Å². The molecule has 8 heteroatoms. The van der Waals surface area contributed by atoms with E-state index in [1.165, 1.54) is 16.6 Å². The minimum absolute atomic E-state index is 0.0815. The zero-order chi connectivity index (χ0) is 14.8. The molecule has 112 valence electrons. The van der Waals surface area contributed by atoms with Crippen LogP contribution in [0.1, 0.15) is 19.8 Å². The number of nitrogens with two attached hydrogens (primary N) is 1. The monoisotopic (exact) mass is 300 g/mol. The van der Waals surface area contributed by atoms with Gasteiger partial charge in [0, 0.05) is 19.3 Å². The van der Waals surface area contributed by atoms with Crippen molar-refractivity contribution in [2.24, 2.45) is 11.8 Å². The third kappa shape index (κ3) is 2.93. The molecule has 2 rings (SSSR count). The topological polar surface area (TPSA) is 109 Å². The van der Waals surface area contributed by atoms with Crippen LogP contribution in [-0.4, -0.2) is 42.0 Å². The van der Waals surface area contributed by atoms with Gasteiger partial charge in [0.1, 0.15) is 4.90 Å². The van der Waals surface area contributed by atoms with E-state index in [2.05, 4.69) is 10.4 Å². The molecule has 2 heterocycles. The van der Waals surface area contributed by atoms with Crippen LogP contribution in [0.5, 0.6) is 0 Å². The van der Waals surface area contributed by atoms with Gasteiger partial charge in [-0.2, -0.15) is 4.31 Å². The summed E-state index contributed by atoms with van der Waals surface area (Å²) in [5, 5.41) is 9.56. The number of anilines is 1. The van der Waals surface area contributed by atoms with Crippen LogP contribution in [0.15, 0.2) is 23.2 Å². The summed E-state index contributed by atoms with van der Waals surface area (Å²) in [5.74, 6) is 5.61. The highest BCUT2D eigenvalue weighted by Crippen LogP contribution is 2.27. The van der Waals surface area contributed by atoms with Gasteiger partial charge in [0.25, 0.3) is 0 Å². The van der Waals surface area contributed by atoms with Gasteiger partial charge < -0.3 is 10.5 Å². The number of hydrogen-bond donors (Lipinski definition) is 3. The molecule has 20 heavy (non-hydrogen) atoms. The number of hydrazine groups is 1. The molecule has 1 aromatic heterocycles. The predicted octanol–water partition coefficient (Wildman–Crippen LogP) is 0.149. The van der Waals surface area contributed by atoms with Crippen molar-refractivity contribution in [2.45, 2.75) is 30.8 Å². The fourth-order valence-electron chi connectivity index (χ4n) is 2.44. The van der Waals surface area contributed by atoms with E-state index >= 15 is 0 Å². The van der Waals surface area contributed by atoms with Gasteiger partial charge in [0.2, 0.25) is 10.0 Å². The second-order valence-corrected chi connectivity index (χ2v) is 6.88. The summed E-state index contributed by atoms with van der Waals surface area (Å²) in [4.78, 5) is 4.00. The first-order valence-corrected chi connectivity index (χ1v) is 8.00. The number of hydrogen-bond acceptors (Lipinski definition) is 6. The molecule has 1 fully saturated rings. The highest BCUT2D eigenvalue weighted by molar-refractivity contribution is 7.89. The minimum atomic E-state index is -3.61. The molecule has 7 nitrogen and oxygen atoms in total. The van der Waals surface area contributed by atoms with Crippen LogP contribution in [0, 0.1) is 5.92 Å². The van der Waals surface area contributed by atoms with Crippen LogP contribution in [0.4, 0.5) is 5.82 Å². The highest BCUT2D eigenvalue weighted by atomic mass is 32.2. The molecule has 1 aliphatic heterocycles. The van der Waals surface area contributed by atoms with Gasteiger partial charge in [-0.25, -0.2) is 19.2 Å². The Morgan fingerprint density at radius 1 is 1.50 bits per heavy atom. The van der Waals surface area contributed by atoms with E-state index in [4.69, 9.17) is 5.84 Å². The zero-order valence-electron chi connectivity index (χ0n) is 11.4. The third-order valence-corrected chi connectivity index (χ3v) is 5.64. The van der Waals surface area contributed by atoms with E-state index < -0.39 is 16.1 Å². The molecule has 0 radical (unpaired) electrons. The Balaban J connectivity index is 2.20. The van der Waals surface area contributed by atoms with Crippen molar-refractivity contribution in [1.29, 1.82) is 0 Å². The maximum absolute atomic E-state index is 12.6. The van der Waals surface area contributed by atoms with E-state index in [-0.39, 0.29) is 16.6 Å². The molecule has 1 atom stereocenters. The predicted molar refractivity (Wildman–Crippen MR) is 75.2 cm³/mol. The first kappa shape index (κ1) is 15.2. The van der Waals surface area contributed by atoms with Crippen LogP contribution in [0.2, 0.25) is 0 Å². The highest BCUT2D eigenvalue weighted by Gasteiger charge is 2.32. The molecule has 1 unspecified atom stereocenters. The summed E-state index contributed by atoms with van der Waals surface area (Å²) >= 11 is 0. The number of rotatable bonds is 4. The lowest BCUT2D eigenvalue weighted by Gasteiger charge is -2.32. The Morgan fingerprint density at radius 3 is 2.70 bits per heavy atom. The molecule has 0 spiro atoms. The van der Waals surface area contributed by atoms with Crippen LogP contribution in [0.3, 0.4) is 0 Å². The molecular formula is C12H20N4O3S. The lowest BCUT2D eigenvalue weighted by Crippen LogP contribution is -2.41. The Labute approximate surface area is 118 Å². The van der Waals surface area contributed by atoms with E-state index in [9.17, 15) is 13.5 Å². The van der Waals surface area contributed by atoms with E-state index in [0.29, 0.717) is 25.9 Å². The van der Waals surface area contributed by atoms with Crippen molar-refractivity contribution >= 4 is 15.8 Å². The Bertz CT molecular complexity index is 554. The van der Waals surface area contributed by atoms with Gasteiger partial charge in [0.05, 0.1) is 6.10 Å². The minimum Gasteiger partial charge on any atom is -0.393 e. The number of nitrogens with one attached hydrogen (secondary N) is 1. The van der Waals surface area contributed by atoms with Crippen LogP contribution < -0.4 is 11.3 Å². The van der Waals surface area contributed by atoms with Crippen LogP contribution >= 0.6 is 0 Å². The second kappa shape index (κ2) is 6.04. The van der Waals surface area contributed by atoms with E-state index in [0.717, 1.165) is 0 Å². The molecule has 0 amide bonds. The zero-order valence-corrected chi connectivity index (χ0v) is 12.2. The fraction of sp³-hybridized carbons (Fsp3) is 0.583. The number of aliphatic hydroxyl groups is 1. The molecule has 1 saturated heterocycles. The normalized spacial score (nSPS) is 19.8. The average Bonchev–Trinajstić information content (AvgIpc) is 2.47. The van der Waals surface area contributed by atoms with E-state index in [1.807, 2.05) is 0 Å². The first-order chi connectivity index (χ1) is 9.46. The molecule has 0 bridgehead atoms. The Kier molecular flexibility index (Phi) is 4.59. The number of piperidine rings is 1. The average molecular weight is 300 g/mol. The van der Waals surface area contributed by atoms with Crippen molar-refractivity contribution in [1.82, 2.24) is 9.29 Å². The summed E-state index contributed by atoms with van der Waals surface area (Å²) in [6.07, 6.45) is 2.39. The molecule has 1 aliphatic rings. The second-order valence-electron chi connectivity index (χ2n) is 4.98. The lowest BCUT2D eigenvalue weighted by molar-refractivity contribution is 0.0912. The maximum Gasteiger partial charge on any atom is 0.246 e. The van der Waals surface area contributed by atoms with Crippen molar-refractivity contribution in [3.63, 3.8) is 0 Å². The van der Waals surface area contributed by atoms with Gasteiger partial charge >= 0.3 is 0 Å². The lowest BCUT2D eigenvalue weighted by atomic mass is 9.93. The largest absolute Gasteiger partial charge is 0.393 e.